The van der Waals surface area contributed by atoms with E-state index in [-0.39, 0.29) is 35.4 Å². The predicted molar refractivity (Wildman–Crippen MR) is 103 cm³/mol. The number of halogens is 5. The number of carbonyl (C=O) groups excluding carboxylic acids is 1. The highest BCUT2D eigenvalue weighted by Gasteiger charge is 2.38. The van der Waals surface area contributed by atoms with Crippen LogP contribution in [0.3, 0.4) is 0 Å². The van der Waals surface area contributed by atoms with Crippen molar-refractivity contribution in [3.63, 3.8) is 0 Å². The number of hydrogen-bond acceptors (Lipinski definition) is 6. The largest absolute Gasteiger partial charge is 0.471 e. The van der Waals surface area contributed by atoms with Crippen molar-refractivity contribution >= 4 is 23.7 Å². The minimum atomic E-state index is -4.70. The van der Waals surface area contributed by atoms with E-state index in [0.717, 1.165) is 6.21 Å². The molecule has 0 radical (unpaired) electrons. The number of benzene rings is 2. The second kappa shape index (κ2) is 10.6. The molecule has 31 heavy (non-hydrogen) atoms. The molecule has 1 amide bonds. The Balaban J connectivity index is 0.000000285. The van der Waals surface area contributed by atoms with Gasteiger partial charge in [-0.1, -0.05) is 35.0 Å². The number of aliphatic hydroxyl groups is 1. The molecule has 2 aromatic carbocycles. The van der Waals surface area contributed by atoms with Crippen LogP contribution in [0.15, 0.2) is 47.0 Å². The third-order valence-corrected chi connectivity index (χ3v) is 3.98. The maximum Gasteiger partial charge on any atom is 0.471 e. The topological polar surface area (TPSA) is 112 Å². The second-order valence-corrected chi connectivity index (χ2v) is 6.21. The van der Waals surface area contributed by atoms with Gasteiger partial charge in [0.05, 0.1) is 13.2 Å². The molecule has 0 atom stereocenters. The van der Waals surface area contributed by atoms with Crippen molar-refractivity contribution in [2.45, 2.75) is 12.8 Å². The lowest BCUT2D eigenvalue weighted by Crippen LogP contribution is -2.24. The van der Waals surface area contributed by atoms with Crippen LogP contribution in [0.4, 0.5) is 17.6 Å². The van der Waals surface area contributed by atoms with Crippen LogP contribution in [0.1, 0.15) is 21.8 Å². The number of carbonyl (C=O) groups is 1. The third kappa shape index (κ3) is 6.86. The molecule has 1 aromatic heterocycles. The molecule has 3 rings (SSSR count). The highest BCUT2D eigenvalue weighted by atomic mass is 35.5. The van der Waals surface area contributed by atoms with Crippen LogP contribution >= 0.6 is 11.6 Å². The normalized spacial score (nSPS) is 10.8. The van der Waals surface area contributed by atoms with Gasteiger partial charge in [-0.05, 0) is 29.8 Å². The molecule has 0 saturated carbocycles. The summed E-state index contributed by atoms with van der Waals surface area (Å²) in [7, 11) is 0. The molecule has 0 spiro atoms. The lowest BCUT2D eigenvalue weighted by atomic mass is 10.1. The zero-order chi connectivity index (χ0) is 23.0. The van der Waals surface area contributed by atoms with Gasteiger partial charge in [0.15, 0.2) is 0 Å². The summed E-state index contributed by atoms with van der Waals surface area (Å²) in [6, 6.07) is 9.54. The molecule has 12 heteroatoms. The average molecular weight is 459 g/mol. The summed E-state index contributed by atoms with van der Waals surface area (Å²) >= 11 is 5.53. The molecule has 0 bridgehead atoms. The molecule has 0 unspecified atom stereocenters. The molecular formula is C19H15ClF4N4O3. The van der Waals surface area contributed by atoms with Gasteiger partial charge < -0.3 is 20.4 Å². The lowest BCUT2D eigenvalue weighted by Gasteiger charge is -2.02. The molecule has 0 aliphatic carbocycles. The van der Waals surface area contributed by atoms with E-state index in [0.29, 0.717) is 11.1 Å². The van der Waals surface area contributed by atoms with Gasteiger partial charge in [0, 0.05) is 22.4 Å². The summed E-state index contributed by atoms with van der Waals surface area (Å²) in [6.07, 6.45) is -3.66. The van der Waals surface area contributed by atoms with Gasteiger partial charge in [-0.2, -0.15) is 18.2 Å². The Morgan fingerprint density at radius 1 is 1.23 bits per heavy atom. The summed E-state index contributed by atoms with van der Waals surface area (Å²) in [5.41, 5.74) is 1.14. The predicted octanol–water partition coefficient (Wildman–Crippen LogP) is 4.11. The van der Waals surface area contributed by atoms with Crippen LogP contribution in [0, 0.1) is 11.2 Å². The summed E-state index contributed by atoms with van der Waals surface area (Å²) in [6.45, 7) is -0.0561. The Bertz CT molecular complexity index is 1040. The Labute approximate surface area is 178 Å². The maximum absolute atomic E-state index is 12.3. The monoisotopic (exact) mass is 458 g/mol. The number of nitrogens with one attached hydrogen (secondary N) is 2. The first-order valence-corrected chi connectivity index (χ1v) is 8.86. The third-order valence-electron chi connectivity index (χ3n) is 3.62. The number of alkyl halides is 3. The van der Waals surface area contributed by atoms with Gasteiger partial charge in [0.1, 0.15) is 5.82 Å². The second-order valence-electron chi connectivity index (χ2n) is 5.81. The van der Waals surface area contributed by atoms with E-state index in [4.69, 9.17) is 22.1 Å². The molecule has 0 saturated heterocycles. The lowest BCUT2D eigenvalue weighted by molar-refractivity contribution is -0.159. The van der Waals surface area contributed by atoms with Crippen LogP contribution in [0.5, 0.6) is 0 Å². The molecular weight excluding hydrogens is 444 g/mol. The first-order chi connectivity index (χ1) is 14.7. The van der Waals surface area contributed by atoms with Crippen LogP contribution in [0.2, 0.25) is 5.02 Å². The molecule has 164 valence electrons. The molecule has 1 heterocycles. The van der Waals surface area contributed by atoms with Crippen molar-refractivity contribution in [1.29, 1.82) is 5.41 Å². The van der Waals surface area contributed by atoms with E-state index in [2.05, 4.69) is 20.0 Å². The number of hydrogen-bond donors (Lipinski definition) is 3. The van der Waals surface area contributed by atoms with E-state index in [9.17, 15) is 22.4 Å². The van der Waals surface area contributed by atoms with Gasteiger partial charge in [-0.3, -0.25) is 4.79 Å². The van der Waals surface area contributed by atoms with E-state index in [1.807, 2.05) is 0 Å². The zero-order valence-corrected chi connectivity index (χ0v) is 16.3. The highest BCUT2D eigenvalue weighted by molar-refractivity contribution is 6.31. The van der Waals surface area contributed by atoms with Gasteiger partial charge in [0.2, 0.25) is 5.82 Å². The van der Waals surface area contributed by atoms with Crippen molar-refractivity contribution in [2.24, 2.45) is 0 Å². The molecule has 7 nitrogen and oxygen atoms in total. The number of rotatable bonds is 5. The Morgan fingerprint density at radius 2 is 1.90 bits per heavy atom. The number of amides is 1. The molecule has 3 N–H and O–H groups in total. The van der Waals surface area contributed by atoms with Crippen molar-refractivity contribution in [3.8, 4) is 11.4 Å². The molecule has 0 fully saturated rings. The Morgan fingerprint density at radius 3 is 2.42 bits per heavy atom. The minimum absolute atomic E-state index is 0.0976. The fraction of sp³-hybridized carbons (Fsp3) is 0.158. The van der Waals surface area contributed by atoms with E-state index in [1.165, 1.54) is 42.5 Å². The van der Waals surface area contributed by atoms with Crippen molar-refractivity contribution in [3.05, 3.63) is 70.3 Å². The van der Waals surface area contributed by atoms with Gasteiger partial charge in [-0.15, -0.1) is 0 Å². The fourth-order valence-electron chi connectivity index (χ4n) is 2.12. The fourth-order valence-corrected chi connectivity index (χ4v) is 2.35. The first kappa shape index (κ1) is 24.0. The average Bonchev–Trinajstić information content (AvgIpc) is 3.24. The quantitative estimate of drug-likeness (QED) is 0.393. The van der Waals surface area contributed by atoms with Crippen LogP contribution < -0.4 is 5.32 Å². The van der Waals surface area contributed by atoms with Gasteiger partial charge in [0.25, 0.3) is 5.91 Å². The Kier molecular flexibility index (Phi) is 8.22. The highest BCUT2D eigenvalue weighted by Crippen LogP contribution is 2.29. The molecule has 0 aliphatic rings. The number of nitrogens with zero attached hydrogens (tertiary/aromatic N) is 2. The standard InChI is InChI=1S/C12H9F3N4O2.C7H6ClFO/c13-12(14,15)11-18-9(19-21-11)7-1-3-8(4-2-7)10(20)17-6-5-16;8-7-3-6(9)2-1-5(7)4-10/h1-5,16H,6H2,(H,17,20);1-3,10H,4H2. The van der Waals surface area contributed by atoms with Crippen molar-refractivity contribution in [2.75, 3.05) is 6.54 Å². The van der Waals surface area contributed by atoms with Crippen molar-refractivity contribution < 1.29 is 32.0 Å². The summed E-state index contributed by atoms with van der Waals surface area (Å²) in [4.78, 5) is 14.8. The smallest absolute Gasteiger partial charge is 0.392 e. The number of aliphatic hydroxyl groups excluding tert-OH is 1. The van der Waals surface area contributed by atoms with Crippen molar-refractivity contribution in [1.82, 2.24) is 15.5 Å². The zero-order valence-electron chi connectivity index (χ0n) is 15.6. The van der Waals surface area contributed by atoms with Crippen LogP contribution in [-0.2, 0) is 12.8 Å². The Hall–Kier alpha value is -3.31. The SMILES string of the molecule is N=CCNC(=O)c1ccc(-c2noc(C(F)(F)F)n2)cc1.OCc1ccc(F)cc1Cl. The van der Waals surface area contributed by atoms with Gasteiger partial charge >= 0.3 is 12.1 Å². The van der Waals surface area contributed by atoms with Crippen LogP contribution in [-0.4, -0.2) is 33.9 Å². The van der Waals surface area contributed by atoms with E-state index < -0.39 is 18.0 Å². The minimum Gasteiger partial charge on any atom is -0.392 e. The maximum atomic E-state index is 12.3. The van der Waals surface area contributed by atoms with Gasteiger partial charge in [-0.25, -0.2) is 4.39 Å². The number of aromatic nitrogens is 2. The summed E-state index contributed by atoms with van der Waals surface area (Å²) in [5, 5.41) is 21.4. The van der Waals surface area contributed by atoms with E-state index in [1.54, 1.807) is 0 Å². The summed E-state index contributed by atoms with van der Waals surface area (Å²) in [5.74, 6) is -2.42. The van der Waals surface area contributed by atoms with E-state index >= 15 is 0 Å². The first-order valence-electron chi connectivity index (χ1n) is 8.49. The summed E-state index contributed by atoms with van der Waals surface area (Å²) < 4.78 is 53.5. The molecule has 3 aromatic rings. The molecule has 0 aliphatic heterocycles. The van der Waals surface area contributed by atoms with Crippen LogP contribution in [0.25, 0.3) is 11.4 Å².